The molecule has 134 valence electrons. The maximum Gasteiger partial charge on any atom is 0.238 e. The van der Waals surface area contributed by atoms with Crippen LogP contribution in [0, 0.1) is 6.92 Å². The molecular formula is C20H26N2O3. The normalized spacial score (nSPS) is 10.6. The van der Waals surface area contributed by atoms with Crippen LogP contribution in [0.5, 0.6) is 11.5 Å². The fraction of sp³-hybridized carbons (Fsp3) is 0.350. The standard InChI is InChI=1S/C20H26N2O3/c1-16-7-4-10-19(13-16)25-12-6-11-22(2)15-20(23)21-17-8-5-9-18(14-17)24-3/h4-5,7-10,13-14H,6,11-12,15H2,1-3H3,(H,21,23). The zero-order valence-corrected chi connectivity index (χ0v) is 15.1. The van der Waals surface area contributed by atoms with Crippen molar-refractivity contribution in [2.75, 3.05) is 39.2 Å². The largest absolute Gasteiger partial charge is 0.497 e. The summed E-state index contributed by atoms with van der Waals surface area (Å²) in [5, 5.41) is 2.88. The van der Waals surface area contributed by atoms with Crippen molar-refractivity contribution in [1.82, 2.24) is 4.90 Å². The first kappa shape index (κ1) is 18.8. The second kappa shape index (κ2) is 9.69. The number of amides is 1. The molecule has 0 aromatic heterocycles. The highest BCUT2D eigenvalue weighted by Gasteiger charge is 2.07. The van der Waals surface area contributed by atoms with Crippen LogP contribution in [-0.2, 0) is 4.79 Å². The monoisotopic (exact) mass is 342 g/mol. The molecule has 0 saturated heterocycles. The first-order valence-electron chi connectivity index (χ1n) is 8.39. The Bertz CT molecular complexity index is 688. The molecule has 0 saturated carbocycles. The average molecular weight is 342 g/mol. The first-order chi connectivity index (χ1) is 12.1. The zero-order chi connectivity index (χ0) is 18.1. The number of hydrogen-bond donors (Lipinski definition) is 1. The van der Waals surface area contributed by atoms with Crippen LogP contribution < -0.4 is 14.8 Å². The van der Waals surface area contributed by atoms with E-state index in [-0.39, 0.29) is 5.91 Å². The number of nitrogens with one attached hydrogen (secondary N) is 1. The number of carbonyl (C=O) groups excluding carboxylic acids is 1. The molecule has 2 aromatic rings. The van der Waals surface area contributed by atoms with E-state index >= 15 is 0 Å². The highest BCUT2D eigenvalue weighted by Crippen LogP contribution is 2.16. The predicted octanol–water partition coefficient (Wildman–Crippen LogP) is 3.34. The third-order valence-corrected chi connectivity index (χ3v) is 3.71. The van der Waals surface area contributed by atoms with Crippen LogP contribution in [0.1, 0.15) is 12.0 Å². The van der Waals surface area contributed by atoms with Gasteiger partial charge in [-0.15, -0.1) is 0 Å². The molecule has 2 aromatic carbocycles. The number of hydrogen-bond acceptors (Lipinski definition) is 4. The maximum absolute atomic E-state index is 12.1. The molecule has 5 heteroatoms. The Balaban J connectivity index is 1.67. The van der Waals surface area contributed by atoms with E-state index in [1.54, 1.807) is 13.2 Å². The lowest BCUT2D eigenvalue weighted by Crippen LogP contribution is -2.31. The molecule has 0 aliphatic carbocycles. The van der Waals surface area contributed by atoms with Crippen LogP contribution in [0.3, 0.4) is 0 Å². The van der Waals surface area contributed by atoms with Crippen molar-refractivity contribution in [2.45, 2.75) is 13.3 Å². The lowest BCUT2D eigenvalue weighted by atomic mass is 10.2. The Morgan fingerprint density at radius 1 is 1.12 bits per heavy atom. The molecule has 0 atom stereocenters. The van der Waals surface area contributed by atoms with Crippen molar-refractivity contribution in [3.8, 4) is 11.5 Å². The Morgan fingerprint density at radius 3 is 2.64 bits per heavy atom. The van der Waals surface area contributed by atoms with Crippen LogP contribution in [-0.4, -0.2) is 44.7 Å². The Morgan fingerprint density at radius 2 is 1.88 bits per heavy atom. The van der Waals surface area contributed by atoms with E-state index in [2.05, 4.69) is 5.32 Å². The second-order valence-corrected chi connectivity index (χ2v) is 6.04. The van der Waals surface area contributed by atoms with E-state index in [1.807, 2.05) is 61.3 Å². The molecule has 0 fully saturated rings. The predicted molar refractivity (Wildman–Crippen MR) is 100 cm³/mol. The quantitative estimate of drug-likeness (QED) is 0.710. The van der Waals surface area contributed by atoms with Crippen LogP contribution in [0.15, 0.2) is 48.5 Å². The first-order valence-corrected chi connectivity index (χ1v) is 8.39. The molecule has 0 aliphatic rings. The van der Waals surface area contributed by atoms with Crippen molar-refractivity contribution < 1.29 is 14.3 Å². The number of nitrogens with zero attached hydrogens (tertiary/aromatic N) is 1. The van der Waals surface area contributed by atoms with Crippen LogP contribution in [0.25, 0.3) is 0 Å². The second-order valence-electron chi connectivity index (χ2n) is 6.04. The fourth-order valence-electron chi connectivity index (χ4n) is 2.46. The van der Waals surface area contributed by atoms with Gasteiger partial charge in [0.25, 0.3) is 0 Å². The Hall–Kier alpha value is -2.53. The SMILES string of the molecule is COc1cccc(NC(=O)CN(C)CCCOc2cccc(C)c2)c1. The summed E-state index contributed by atoms with van der Waals surface area (Å²) in [5.74, 6) is 1.56. The van der Waals surface area contributed by atoms with E-state index in [0.717, 1.165) is 30.2 Å². The van der Waals surface area contributed by atoms with Crippen LogP contribution in [0.4, 0.5) is 5.69 Å². The lowest BCUT2D eigenvalue weighted by Gasteiger charge is -2.16. The summed E-state index contributed by atoms with van der Waals surface area (Å²) in [4.78, 5) is 14.1. The summed E-state index contributed by atoms with van der Waals surface area (Å²) in [5.41, 5.74) is 1.92. The number of ether oxygens (including phenoxy) is 2. The summed E-state index contributed by atoms with van der Waals surface area (Å²) in [7, 11) is 3.53. The van der Waals surface area contributed by atoms with E-state index in [4.69, 9.17) is 9.47 Å². The van der Waals surface area contributed by atoms with Gasteiger partial charge in [-0.25, -0.2) is 0 Å². The molecule has 5 nitrogen and oxygen atoms in total. The van der Waals surface area contributed by atoms with Crippen molar-refractivity contribution in [1.29, 1.82) is 0 Å². The summed E-state index contributed by atoms with van der Waals surface area (Å²) < 4.78 is 10.9. The number of benzene rings is 2. The molecular weight excluding hydrogens is 316 g/mol. The van der Waals surface area contributed by atoms with Gasteiger partial charge in [-0.3, -0.25) is 9.69 Å². The smallest absolute Gasteiger partial charge is 0.238 e. The van der Waals surface area contributed by atoms with E-state index in [0.29, 0.717) is 13.2 Å². The van der Waals surface area contributed by atoms with Crippen molar-refractivity contribution in [3.05, 3.63) is 54.1 Å². The molecule has 0 aliphatic heterocycles. The van der Waals surface area contributed by atoms with Crippen molar-refractivity contribution in [2.24, 2.45) is 0 Å². The number of likely N-dealkylation sites (N-methyl/N-ethyl adjacent to an activating group) is 1. The fourth-order valence-corrected chi connectivity index (χ4v) is 2.46. The Labute approximate surface area is 149 Å². The van der Waals surface area contributed by atoms with E-state index < -0.39 is 0 Å². The van der Waals surface area contributed by atoms with E-state index in [9.17, 15) is 4.79 Å². The molecule has 0 unspecified atom stereocenters. The molecule has 2 rings (SSSR count). The minimum absolute atomic E-state index is 0.0460. The highest BCUT2D eigenvalue weighted by molar-refractivity contribution is 5.92. The van der Waals surface area contributed by atoms with Gasteiger partial charge in [0.15, 0.2) is 0 Å². The summed E-state index contributed by atoms with van der Waals surface area (Å²) in [6.45, 7) is 3.80. The molecule has 0 bridgehead atoms. The average Bonchev–Trinajstić information content (AvgIpc) is 2.59. The third kappa shape index (κ3) is 6.85. The van der Waals surface area contributed by atoms with Gasteiger partial charge in [0.2, 0.25) is 5.91 Å². The van der Waals surface area contributed by atoms with Gasteiger partial charge in [-0.1, -0.05) is 18.2 Å². The zero-order valence-electron chi connectivity index (χ0n) is 15.1. The highest BCUT2D eigenvalue weighted by atomic mass is 16.5. The summed E-state index contributed by atoms with van der Waals surface area (Å²) in [6, 6.07) is 15.3. The van der Waals surface area contributed by atoms with Gasteiger partial charge in [0.05, 0.1) is 20.3 Å². The minimum Gasteiger partial charge on any atom is -0.497 e. The van der Waals surface area contributed by atoms with Gasteiger partial charge in [0, 0.05) is 18.3 Å². The van der Waals surface area contributed by atoms with Crippen LogP contribution >= 0.6 is 0 Å². The van der Waals surface area contributed by atoms with Crippen LogP contribution in [0.2, 0.25) is 0 Å². The van der Waals surface area contributed by atoms with Gasteiger partial charge in [0.1, 0.15) is 11.5 Å². The molecule has 0 heterocycles. The minimum atomic E-state index is -0.0460. The van der Waals surface area contributed by atoms with Gasteiger partial charge < -0.3 is 14.8 Å². The van der Waals surface area contributed by atoms with Gasteiger partial charge in [-0.2, -0.15) is 0 Å². The number of carbonyl (C=O) groups is 1. The summed E-state index contributed by atoms with van der Waals surface area (Å²) in [6.07, 6.45) is 0.858. The topological polar surface area (TPSA) is 50.8 Å². The number of anilines is 1. The van der Waals surface area contributed by atoms with Gasteiger partial charge >= 0.3 is 0 Å². The lowest BCUT2D eigenvalue weighted by molar-refractivity contribution is -0.117. The number of rotatable bonds is 9. The van der Waals surface area contributed by atoms with Crippen molar-refractivity contribution >= 4 is 11.6 Å². The molecule has 0 radical (unpaired) electrons. The Kier molecular flexibility index (Phi) is 7.29. The number of aryl methyl sites for hydroxylation is 1. The molecule has 1 N–H and O–H groups in total. The maximum atomic E-state index is 12.1. The summed E-state index contributed by atoms with van der Waals surface area (Å²) >= 11 is 0. The van der Waals surface area contributed by atoms with Crippen molar-refractivity contribution in [3.63, 3.8) is 0 Å². The van der Waals surface area contributed by atoms with E-state index in [1.165, 1.54) is 5.56 Å². The molecule has 25 heavy (non-hydrogen) atoms. The molecule has 0 spiro atoms. The third-order valence-electron chi connectivity index (χ3n) is 3.71. The van der Waals surface area contributed by atoms with Gasteiger partial charge in [-0.05, 0) is 50.2 Å². The number of methoxy groups -OCH3 is 1. The molecule has 1 amide bonds.